The highest BCUT2D eigenvalue weighted by molar-refractivity contribution is 9.11. The number of allylic oxidation sites excluding steroid dienone is 1. The topological polar surface area (TPSA) is 9.23 Å². The number of hydrogen-bond donors (Lipinski definition) is 0. The van der Waals surface area contributed by atoms with Crippen LogP contribution >= 0.6 is 15.9 Å². The summed E-state index contributed by atoms with van der Waals surface area (Å²) in [7, 11) is 1.67. The summed E-state index contributed by atoms with van der Waals surface area (Å²) in [5.41, 5.74) is 0. The van der Waals surface area contributed by atoms with Crippen LogP contribution in [-0.4, -0.2) is 7.11 Å². The highest BCUT2D eigenvalue weighted by Gasteiger charge is 1.91. The van der Waals surface area contributed by atoms with Gasteiger partial charge in [0.25, 0.3) is 0 Å². The molecule has 66 valence electrons. The molecular formula is C9H17BrO. The van der Waals surface area contributed by atoms with Crippen molar-refractivity contribution in [2.75, 3.05) is 7.11 Å². The molecule has 0 bridgehead atoms. The lowest BCUT2D eigenvalue weighted by Gasteiger charge is -1.98. The molecule has 0 aliphatic heterocycles. The second-order valence-corrected chi connectivity index (χ2v) is 3.63. The smallest absolute Gasteiger partial charge is 0.0925 e. The van der Waals surface area contributed by atoms with Crippen molar-refractivity contribution in [2.45, 2.75) is 39.0 Å². The van der Waals surface area contributed by atoms with Crippen LogP contribution in [0.5, 0.6) is 0 Å². The Labute approximate surface area is 78.0 Å². The zero-order chi connectivity index (χ0) is 8.53. The molecule has 0 radical (unpaired) electrons. The molecule has 0 saturated carbocycles. The SMILES string of the molecule is CCCCCC/C(Br)=C/OC. The van der Waals surface area contributed by atoms with Gasteiger partial charge in [0.05, 0.1) is 13.4 Å². The number of methoxy groups -OCH3 is 1. The molecule has 0 unspecified atom stereocenters. The average molecular weight is 221 g/mol. The highest BCUT2D eigenvalue weighted by atomic mass is 79.9. The molecule has 0 aromatic carbocycles. The van der Waals surface area contributed by atoms with Gasteiger partial charge in [0.1, 0.15) is 0 Å². The zero-order valence-corrected chi connectivity index (χ0v) is 8.99. The second-order valence-electron chi connectivity index (χ2n) is 2.61. The van der Waals surface area contributed by atoms with Crippen LogP contribution in [-0.2, 0) is 4.74 Å². The molecule has 0 aromatic heterocycles. The maximum Gasteiger partial charge on any atom is 0.0925 e. The van der Waals surface area contributed by atoms with Gasteiger partial charge in [-0.1, -0.05) is 42.1 Å². The third-order valence-electron chi connectivity index (χ3n) is 1.51. The lowest BCUT2D eigenvalue weighted by molar-refractivity contribution is 0.335. The molecule has 0 rings (SSSR count). The fourth-order valence-electron chi connectivity index (χ4n) is 0.907. The van der Waals surface area contributed by atoms with Gasteiger partial charge in [0.15, 0.2) is 0 Å². The lowest BCUT2D eigenvalue weighted by atomic mass is 10.1. The van der Waals surface area contributed by atoms with Crippen LogP contribution in [0.3, 0.4) is 0 Å². The number of rotatable bonds is 6. The lowest BCUT2D eigenvalue weighted by Crippen LogP contribution is -1.78. The van der Waals surface area contributed by atoms with E-state index >= 15 is 0 Å². The standard InChI is InChI=1S/C9H17BrO/c1-3-4-5-6-7-9(10)8-11-2/h8H,3-7H2,1-2H3/b9-8-. The van der Waals surface area contributed by atoms with Gasteiger partial charge in [-0.15, -0.1) is 0 Å². The number of ether oxygens (including phenoxy) is 1. The number of halogens is 1. The van der Waals surface area contributed by atoms with Crippen molar-refractivity contribution in [3.8, 4) is 0 Å². The molecule has 0 amide bonds. The van der Waals surface area contributed by atoms with Crippen molar-refractivity contribution in [3.05, 3.63) is 10.7 Å². The Morgan fingerprint density at radius 1 is 1.36 bits per heavy atom. The molecule has 0 atom stereocenters. The van der Waals surface area contributed by atoms with Gasteiger partial charge in [-0.3, -0.25) is 0 Å². The Morgan fingerprint density at radius 2 is 2.09 bits per heavy atom. The van der Waals surface area contributed by atoms with Gasteiger partial charge in [0.2, 0.25) is 0 Å². The predicted molar refractivity (Wildman–Crippen MR) is 52.8 cm³/mol. The zero-order valence-electron chi connectivity index (χ0n) is 7.40. The molecule has 0 saturated heterocycles. The second kappa shape index (κ2) is 8.12. The van der Waals surface area contributed by atoms with E-state index < -0.39 is 0 Å². The van der Waals surface area contributed by atoms with Crippen LogP contribution < -0.4 is 0 Å². The fraction of sp³-hybridized carbons (Fsp3) is 0.778. The van der Waals surface area contributed by atoms with E-state index in [1.807, 2.05) is 0 Å². The van der Waals surface area contributed by atoms with Crippen molar-refractivity contribution in [2.24, 2.45) is 0 Å². The van der Waals surface area contributed by atoms with Crippen molar-refractivity contribution in [1.29, 1.82) is 0 Å². The van der Waals surface area contributed by atoms with Crippen molar-refractivity contribution in [1.82, 2.24) is 0 Å². The van der Waals surface area contributed by atoms with Crippen LogP contribution in [0.2, 0.25) is 0 Å². The van der Waals surface area contributed by atoms with Gasteiger partial charge in [0, 0.05) is 4.48 Å². The van der Waals surface area contributed by atoms with Crippen LogP contribution in [0.1, 0.15) is 39.0 Å². The minimum absolute atomic E-state index is 1.10. The molecule has 0 aromatic rings. The third kappa shape index (κ3) is 7.92. The van der Waals surface area contributed by atoms with E-state index in [0.717, 1.165) is 10.9 Å². The molecular weight excluding hydrogens is 204 g/mol. The normalized spacial score (nSPS) is 11.7. The molecule has 11 heavy (non-hydrogen) atoms. The highest BCUT2D eigenvalue weighted by Crippen LogP contribution is 2.15. The minimum Gasteiger partial charge on any atom is -0.504 e. The van der Waals surface area contributed by atoms with Gasteiger partial charge in [-0.2, -0.15) is 0 Å². The minimum atomic E-state index is 1.10. The maximum absolute atomic E-state index is 4.85. The van der Waals surface area contributed by atoms with Crippen molar-refractivity contribution >= 4 is 15.9 Å². The van der Waals surface area contributed by atoms with E-state index in [1.54, 1.807) is 13.4 Å². The van der Waals surface area contributed by atoms with E-state index in [1.165, 1.54) is 25.7 Å². The molecule has 0 spiro atoms. The van der Waals surface area contributed by atoms with E-state index in [-0.39, 0.29) is 0 Å². The van der Waals surface area contributed by atoms with E-state index in [9.17, 15) is 0 Å². The summed E-state index contributed by atoms with van der Waals surface area (Å²) in [4.78, 5) is 0. The first kappa shape index (κ1) is 11.0. The van der Waals surface area contributed by atoms with Crippen LogP contribution in [0.25, 0.3) is 0 Å². The summed E-state index contributed by atoms with van der Waals surface area (Å²) in [6.07, 6.45) is 8.08. The van der Waals surface area contributed by atoms with E-state index in [4.69, 9.17) is 4.74 Å². The van der Waals surface area contributed by atoms with Crippen LogP contribution in [0, 0.1) is 0 Å². The molecule has 0 aliphatic carbocycles. The Balaban J connectivity index is 3.17. The first-order chi connectivity index (χ1) is 5.31. The summed E-state index contributed by atoms with van der Waals surface area (Å²) in [6.45, 7) is 2.22. The summed E-state index contributed by atoms with van der Waals surface area (Å²) < 4.78 is 6.01. The fourth-order valence-corrected chi connectivity index (χ4v) is 1.37. The van der Waals surface area contributed by atoms with Gasteiger partial charge >= 0.3 is 0 Å². The molecule has 0 aliphatic rings. The summed E-state index contributed by atoms with van der Waals surface area (Å²) in [5.74, 6) is 0. The predicted octanol–water partition coefficient (Wildman–Crippen LogP) is 3.84. The number of unbranched alkanes of at least 4 members (excludes halogenated alkanes) is 3. The summed E-state index contributed by atoms with van der Waals surface area (Å²) >= 11 is 3.43. The van der Waals surface area contributed by atoms with Crippen LogP contribution in [0.4, 0.5) is 0 Å². The average Bonchev–Trinajstić information content (AvgIpc) is 1.99. The maximum atomic E-state index is 4.85. The summed E-state index contributed by atoms with van der Waals surface area (Å²) in [6, 6.07) is 0. The van der Waals surface area contributed by atoms with Crippen LogP contribution in [0.15, 0.2) is 10.7 Å². The quantitative estimate of drug-likeness (QED) is 0.489. The molecule has 2 heteroatoms. The molecule has 1 nitrogen and oxygen atoms in total. The van der Waals surface area contributed by atoms with Gasteiger partial charge in [-0.25, -0.2) is 0 Å². The largest absolute Gasteiger partial charge is 0.504 e. The van der Waals surface area contributed by atoms with Crippen molar-refractivity contribution in [3.63, 3.8) is 0 Å². The van der Waals surface area contributed by atoms with Gasteiger partial charge in [-0.05, 0) is 12.8 Å². The third-order valence-corrected chi connectivity index (χ3v) is 2.10. The Morgan fingerprint density at radius 3 is 2.64 bits per heavy atom. The van der Waals surface area contributed by atoms with E-state index in [0.29, 0.717) is 0 Å². The first-order valence-electron chi connectivity index (χ1n) is 4.18. The molecule has 0 heterocycles. The molecule has 0 fully saturated rings. The van der Waals surface area contributed by atoms with Crippen molar-refractivity contribution < 1.29 is 4.74 Å². The summed E-state index contributed by atoms with van der Waals surface area (Å²) in [5, 5.41) is 0. The first-order valence-corrected chi connectivity index (χ1v) is 4.98. The monoisotopic (exact) mass is 220 g/mol. The van der Waals surface area contributed by atoms with Gasteiger partial charge < -0.3 is 4.74 Å². The number of hydrogen-bond acceptors (Lipinski definition) is 1. The Bertz CT molecular complexity index is 110. The van der Waals surface area contributed by atoms with E-state index in [2.05, 4.69) is 22.9 Å². The molecule has 0 N–H and O–H groups in total. The Kier molecular flexibility index (Phi) is 8.13. The Hall–Kier alpha value is 0.0200.